The van der Waals surface area contributed by atoms with E-state index in [4.69, 9.17) is 5.26 Å². The Kier molecular flexibility index (Phi) is 6.34. The number of hydrogen-bond acceptors (Lipinski definition) is 3. The zero-order valence-electron chi connectivity index (χ0n) is 10.7. The summed E-state index contributed by atoms with van der Waals surface area (Å²) in [6.45, 7) is 3.39. The Morgan fingerprint density at radius 3 is 2.83 bits per heavy atom. The van der Waals surface area contributed by atoms with Gasteiger partial charge in [-0.05, 0) is 31.9 Å². The molecule has 1 rings (SSSR count). The number of nitriles is 1. The quantitative estimate of drug-likeness (QED) is 0.725. The van der Waals surface area contributed by atoms with Crippen LogP contribution >= 0.6 is 0 Å². The molecule has 0 radical (unpaired) electrons. The Morgan fingerprint density at radius 1 is 1.33 bits per heavy atom. The topological polar surface area (TPSA) is 64.9 Å². The van der Waals surface area contributed by atoms with E-state index in [-0.39, 0.29) is 5.91 Å². The molecular formula is C14H19N3O. The van der Waals surface area contributed by atoms with Gasteiger partial charge in [0, 0.05) is 25.2 Å². The molecule has 18 heavy (non-hydrogen) atoms. The molecule has 0 aromatic heterocycles. The molecule has 4 heteroatoms. The zero-order chi connectivity index (χ0) is 13.2. The lowest BCUT2D eigenvalue weighted by atomic mass is 10.1. The molecule has 0 unspecified atom stereocenters. The Morgan fingerprint density at radius 2 is 2.11 bits per heavy atom. The normalized spacial score (nSPS) is 9.56. The van der Waals surface area contributed by atoms with Crippen molar-refractivity contribution in [3.8, 4) is 6.07 Å². The Labute approximate surface area is 108 Å². The van der Waals surface area contributed by atoms with Gasteiger partial charge in [0.1, 0.15) is 0 Å². The van der Waals surface area contributed by atoms with Gasteiger partial charge in [-0.2, -0.15) is 5.26 Å². The fraction of sp³-hybridized carbons (Fsp3) is 0.429. The summed E-state index contributed by atoms with van der Waals surface area (Å²) in [7, 11) is 0. The molecule has 0 aliphatic carbocycles. The summed E-state index contributed by atoms with van der Waals surface area (Å²) in [6, 6.07) is 9.55. The lowest BCUT2D eigenvalue weighted by Gasteiger charge is -2.10. The zero-order valence-corrected chi connectivity index (χ0v) is 10.7. The van der Waals surface area contributed by atoms with Gasteiger partial charge in [0.2, 0.25) is 0 Å². The van der Waals surface area contributed by atoms with Crippen molar-refractivity contribution in [2.75, 3.05) is 18.4 Å². The summed E-state index contributed by atoms with van der Waals surface area (Å²) in [5.74, 6) is -0.0662. The molecule has 0 saturated heterocycles. The molecule has 1 aromatic rings. The molecule has 0 aliphatic heterocycles. The number of rotatable bonds is 7. The van der Waals surface area contributed by atoms with Gasteiger partial charge in [-0.1, -0.05) is 12.1 Å². The van der Waals surface area contributed by atoms with Crippen molar-refractivity contribution in [1.29, 1.82) is 5.26 Å². The van der Waals surface area contributed by atoms with Gasteiger partial charge < -0.3 is 10.6 Å². The van der Waals surface area contributed by atoms with Crippen LogP contribution in [0.1, 0.15) is 36.5 Å². The highest BCUT2D eigenvalue weighted by atomic mass is 16.1. The van der Waals surface area contributed by atoms with Gasteiger partial charge in [-0.25, -0.2) is 0 Å². The molecular weight excluding hydrogens is 226 g/mol. The van der Waals surface area contributed by atoms with Crippen LogP contribution in [0.25, 0.3) is 0 Å². The molecule has 0 fully saturated rings. The van der Waals surface area contributed by atoms with E-state index in [9.17, 15) is 4.79 Å². The first-order valence-corrected chi connectivity index (χ1v) is 6.27. The third-order valence-corrected chi connectivity index (χ3v) is 2.54. The van der Waals surface area contributed by atoms with Crippen LogP contribution in [-0.2, 0) is 0 Å². The average molecular weight is 245 g/mol. The molecule has 0 saturated carbocycles. The number of carbonyl (C=O) groups excluding carboxylic acids is 1. The number of unbranched alkanes of at least 4 members (excludes halogenated alkanes) is 2. The maximum Gasteiger partial charge on any atom is 0.253 e. The number of amides is 1. The van der Waals surface area contributed by atoms with Crippen molar-refractivity contribution in [3.05, 3.63) is 29.8 Å². The predicted octanol–water partition coefficient (Wildman–Crippen LogP) is 2.54. The number of para-hydroxylation sites is 1. The molecule has 0 aliphatic rings. The van der Waals surface area contributed by atoms with Crippen molar-refractivity contribution < 1.29 is 4.79 Å². The Hall–Kier alpha value is -2.02. The highest BCUT2D eigenvalue weighted by molar-refractivity contribution is 5.99. The lowest BCUT2D eigenvalue weighted by Crippen LogP contribution is -2.25. The van der Waals surface area contributed by atoms with E-state index in [0.717, 1.165) is 25.1 Å². The van der Waals surface area contributed by atoms with E-state index < -0.39 is 0 Å². The van der Waals surface area contributed by atoms with Gasteiger partial charge in [0.15, 0.2) is 0 Å². The van der Waals surface area contributed by atoms with Crippen LogP contribution in [0.2, 0.25) is 0 Å². The second kappa shape index (κ2) is 8.13. The number of anilines is 1. The maximum absolute atomic E-state index is 12.0. The van der Waals surface area contributed by atoms with E-state index >= 15 is 0 Å². The lowest BCUT2D eigenvalue weighted by molar-refractivity contribution is 0.0954. The summed E-state index contributed by atoms with van der Waals surface area (Å²) in [4.78, 5) is 12.0. The van der Waals surface area contributed by atoms with Gasteiger partial charge in [0.05, 0.1) is 11.6 Å². The molecule has 1 aromatic carbocycles. The Balaban J connectivity index is 2.48. The predicted molar refractivity (Wildman–Crippen MR) is 72.4 cm³/mol. The van der Waals surface area contributed by atoms with Gasteiger partial charge in [0.25, 0.3) is 5.91 Å². The molecule has 0 atom stereocenters. The van der Waals surface area contributed by atoms with Crippen LogP contribution in [-0.4, -0.2) is 19.0 Å². The van der Waals surface area contributed by atoms with Crippen molar-refractivity contribution in [2.45, 2.75) is 26.2 Å². The van der Waals surface area contributed by atoms with Crippen LogP contribution in [0.3, 0.4) is 0 Å². The van der Waals surface area contributed by atoms with Crippen molar-refractivity contribution in [1.82, 2.24) is 5.32 Å². The fourth-order valence-electron chi connectivity index (χ4n) is 1.65. The largest absolute Gasteiger partial charge is 0.385 e. The highest BCUT2D eigenvalue weighted by Gasteiger charge is 2.09. The second-order valence-electron chi connectivity index (χ2n) is 3.95. The van der Waals surface area contributed by atoms with Crippen LogP contribution in [0.15, 0.2) is 24.3 Å². The van der Waals surface area contributed by atoms with Gasteiger partial charge in [-0.15, -0.1) is 0 Å². The molecule has 1 amide bonds. The summed E-state index contributed by atoms with van der Waals surface area (Å²) >= 11 is 0. The first-order valence-electron chi connectivity index (χ1n) is 6.27. The third-order valence-electron chi connectivity index (χ3n) is 2.54. The Bertz CT molecular complexity index is 423. The van der Waals surface area contributed by atoms with Crippen molar-refractivity contribution in [2.24, 2.45) is 0 Å². The van der Waals surface area contributed by atoms with E-state index in [1.807, 2.05) is 31.2 Å². The van der Waals surface area contributed by atoms with Crippen molar-refractivity contribution in [3.63, 3.8) is 0 Å². The van der Waals surface area contributed by atoms with Crippen LogP contribution in [0.4, 0.5) is 5.69 Å². The summed E-state index contributed by atoms with van der Waals surface area (Å²) < 4.78 is 0. The fourth-order valence-corrected chi connectivity index (χ4v) is 1.65. The van der Waals surface area contributed by atoms with E-state index in [1.54, 1.807) is 0 Å². The summed E-state index contributed by atoms with van der Waals surface area (Å²) in [6.07, 6.45) is 2.21. The van der Waals surface area contributed by atoms with E-state index in [0.29, 0.717) is 18.5 Å². The molecule has 0 spiro atoms. The molecule has 96 valence electrons. The number of nitrogens with one attached hydrogen (secondary N) is 2. The number of hydrogen-bond donors (Lipinski definition) is 2. The second-order valence-corrected chi connectivity index (χ2v) is 3.95. The first-order chi connectivity index (χ1) is 8.79. The standard InChI is InChI=1S/C14H19N3O/c1-2-16-13-9-5-4-8-12(13)14(18)17-11-7-3-6-10-15/h4-5,8-9,16H,2-3,6-7,11H2,1H3,(H,17,18). The third kappa shape index (κ3) is 4.46. The minimum Gasteiger partial charge on any atom is -0.385 e. The van der Waals surface area contributed by atoms with Crippen molar-refractivity contribution >= 4 is 11.6 Å². The number of benzene rings is 1. The van der Waals surface area contributed by atoms with Crippen LogP contribution < -0.4 is 10.6 Å². The molecule has 2 N–H and O–H groups in total. The monoisotopic (exact) mass is 245 g/mol. The van der Waals surface area contributed by atoms with Gasteiger partial charge >= 0.3 is 0 Å². The number of nitrogens with zero attached hydrogens (tertiary/aromatic N) is 1. The maximum atomic E-state index is 12.0. The highest BCUT2D eigenvalue weighted by Crippen LogP contribution is 2.14. The molecule has 0 bridgehead atoms. The summed E-state index contributed by atoms with van der Waals surface area (Å²) in [5, 5.41) is 14.4. The smallest absolute Gasteiger partial charge is 0.253 e. The minimum absolute atomic E-state index is 0.0662. The van der Waals surface area contributed by atoms with E-state index in [2.05, 4.69) is 16.7 Å². The number of carbonyl (C=O) groups is 1. The average Bonchev–Trinajstić information content (AvgIpc) is 2.39. The van der Waals surface area contributed by atoms with Gasteiger partial charge in [-0.3, -0.25) is 4.79 Å². The minimum atomic E-state index is -0.0662. The molecule has 0 heterocycles. The van der Waals surface area contributed by atoms with Crippen LogP contribution in [0, 0.1) is 11.3 Å². The molecule has 4 nitrogen and oxygen atoms in total. The van der Waals surface area contributed by atoms with E-state index in [1.165, 1.54) is 0 Å². The first kappa shape index (κ1) is 14.0. The van der Waals surface area contributed by atoms with Crippen LogP contribution in [0.5, 0.6) is 0 Å². The summed E-state index contributed by atoms with van der Waals surface area (Å²) in [5.41, 5.74) is 1.52. The SMILES string of the molecule is CCNc1ccccc1C(=O)NCCCCC#N.